The predicted molar refractivity (Wildman–Crippen MR) is 49.0 cm³/mol. The van der Waals surface area contributed by atoms with Gasteiger partial charge in [-0.25, -0.2) is 0 Å². The van der Waals surface area contributed by atoms with Crippen LogP contribution in [0, 0.1) is 0 Å². The van der Waals surface area contributed by atoms with Crippen molar-refractivity contribution in [2.75, 3.05) is 0 Å². The summed E-state index contributed by atoms with van der Waals surface area (Å²) >= 11 is 0. The number of primary amides is 1. The molecule has 0 radical (unpaired) electrons. The van der Waals surface area contributed by atoms with E-state index in [0.717, 1.165) is 5.56 Å². The van der Waals surface area contributed by atoms with Gasteiger partial charge in [-0.2, -0.15) is 0 Å². The molecule has 0 saturated carbocycles. The van der Waals surface area contributed by atoms with E-state index in [0.29, 0.717) is 11.5 Å². The second kappa shape index (κ2) is 3.39. The molecule has 0 heterocycles. The van der Waals surface area contributed by atoms with Crippen LogP contribution in [0.2, 0.25) is 0 Å². The summed E-state index contributed by atoms with van der Waals surface area (Å²) in [6.45, 7) is 4.09. The Morgan fingerprint density at radius 2 is 1.92 bits per heavy atom. The van der Waals surface area contributed by atoms with Crippen LogP contribution in [0.4, 0.5) is 0 Å². The molecule has 1 amide bonds. The molecule has 1 rings (SSSR count). The zero-order valence-corrected chi connectivity index (χ0v) is 7.37. The van der Waals surface area contributed by atoms with Gasteiger partial charge >= 0.3 is 0 Å². The summed E-state index contributed by atoms with van der Waals surface area (Å²) in [5.74, 6) is -0.00648. The minimum absolute atomic E-state index is 0.341. The van der Waals surface area contributed by atoms with Crippen molar-refractivity contribution >= 4 is 5.91 Å². The monoisotopic (exact) mass is 163 g/mol. The molecule has 0 aliphatic carbocycles. The Bertz CT molecular complexity index is 292. The molecular formula is C10H13NO. The van der Waals surface area contributed by atoms with E-state index in [9.17, 15) is 4.79 Å². The molecular weight excluding hydrogens is 150 g/mol. The minimum Gasteiger partial charge on any atom is -0.366 e. The first-order valence-corrected chi connectivity index (χ1v) is 4.01. The van der Waals surface area contributed by atoms with Crippen molar-refractivity contribution in [1.82, 2.24) is 0 Å². The number of benzene rings is 1. The number of carbonyl (C=O) groups is 1. The van der Waals surface area contributed by atoms with Gasteiger partial charge in [0.15, 0.2) is 0 Å². The molecule has 0 saturated heterocycles. The fourth-order valence-corrected chi connectivity index (χ4v) is 1.22. The highest BCUT2D eigenvalue weighted by Crippen LogP contribution is 2.18. The van der Waals surface area contributed by atoms with Gasteiger partial charge in [0.25, 0.3) is 0 Å². The molecule has 0 aliphatic rings. The molecule has 0 aromatic heterocycles. The van der Waals surface area contributed by atoms with Gasteiger partial charge in [0.1, 0.15) is 0 Å². The fourth-order valence-electron chi connectivity index (χ4n) is 1.22. The molecule has 2 N–H and O–H groups in total. The average molecular weight is 163 g/mol. The summed E-state index contributed by atoms with van der Waals surface area (Å²) in [6, 6.07) is 7.44. The molecule has 2 heteroatoms. The Labute approximate surface area is 72.4 Å². The molecule has 0 fully saturated rings. The van der Waals surface area contributed by atoms with Crippen LogP contribution in [0.1, 0.15) is 35.7 Å². The van der Waals surface area contributed by atoms with Gasteiger partial charge in [-0.1, -0.05) is 32.0 Å². The van der Waals surface area contributed by atoms with Gasteiger partial charge in [-0.05, 0) is 17.5 Å². The van der Waals surface area contributed by atoms with E-state index >= 15 is 0 Å². The third-order valence-electron chi connectivity index (χ3n) is 1.85. The van der Waals surface area contributed by atoms with Crippen molar-refractivity contribution in [3.63, 3.8) is 0 Å². The second-order valence-electron chi connectivity index (χ2n) is 3.11. The molecule has 12 heavy (non-hydrogen) atoms. The summed E-state index contributed by atoms with van der Waals surface area (Å²) in [6.07, 6.45) is 0. The van der Waals surface area contributed by atoms with E-state index < -0.39 is 0 Å². The first kappa shape index (κ1) is 8.78. The van der Waals surface area contributed by atoms with Crippen molar-refractivity contribution in [3.8, 4) is 0 Å². The average Bonchev–Trinajstić information content (AvgIpc) is 2.04. The molecule has 0 spiro atoms. The highest BCUT2D eigenvalue weighted by Gasteiger charge is 2.08. The maximum Gasteiger partial charge on any atom is 0.248 e. The lowest BCUT2D eigenvalue weighted by molar-refractivity contribution is 0.0999. The predicted octanol–water partition coefficient (Wildman–Crippen LogP) is 1.91. The molecule has 0 atom stereocenters. The van der Waals surface area contributed by atoms with Crippen molar-refractivity contribution in [3.05, 3.63) is 35.4 Å². The van der Waals surface area contributed by atoms with E-state index in [2.05, 4.69) is 0 Å². The quantitative estimate of drug-likeness (QED) is 0.711. The normalized spacial score (nSPS) is 10.2. The Kier molecular flexibility index (Phi) is 2.48. The summed E-state index contributed by atoms with van der Waals surface area (Å²) in [5.41, 5.74) is 6.86. The third-order valence-corrected chi connectivity index (χ3v) is 1.85. The number of nitrogens with two attached hydrogens (primary N) is 1. The Morgan fingerprint density at radius 3 is 2.33 bits per heavy atom. The number of carbonyl (C=O) groups excluding carboxylic acids is 1. The summed E-state index contributed by atoms with van der Waals surface area (Å²) in [7, 11) is 0. The topological polar surface area (TPSA) is 43.1 Å². The van der Waals surface area contributed by atoms with Gasteiger partial charge in [-0.3, -0.25) is 4.79 Å². The molecule has 1 aromatic rings. The van der Waals surface area contributed by atoms with Crippen molar-refractivity contribution in [1.29, 1.82) is 0 Å². The van der Waals surface area contributed by atoms with Crippen LogP contribution in [0.3, 0.4) is 0 Å². The lowest BCUT2D eigenvalue weighted by Crippen LogP contribution is -2.14. The van der Waals surface area contributed by atoms with Crippen LogP contribution in [-0.2, 0) is 0 Å². The smallest absolute Gasteiger partial charge is 0.248 e. The molecule has 0 bridgehead atoms. The van der Waals surface area contributed by atoms with Crippen LogP contribution < -0.4 is 5.73 Å². The molecule has 2 nitrogen and oxygen atoms in total. The minimum atomic E-state index is -0.348. The highest BCUT2D eigenvalue weighted by molar-refractivity contribution is 5.94. The Morgan fingerprint density at radius 1 is 1.33 bits per heavy atom. The van der Waals surface area contributed by atoms with Crippen LogP contribution in [0.5, 0.6) is 0 Å². The number of hydrogen-bond acceptors (Lipinski definition) is 1. The van der Waals surface area contributed by atoms with E-state index in [1.54, 1.807) is 6.07 Å². The van der Waals surface area contributed by atoms with Crippen LogP contribution in [0.15, 0.2) is 24.3 Å². The standard InChI is InChI=1S/C10H13NO/c1-7(2)8-5-3-4-6-9(8)10(11)12/h3-7H,1-2H3,(H2,11,12). The van der Waals surface area contributed by atoms with E-state index in [-0.39, 0.29) is 5.91 Å². The number of hydrogen-bond donors (Lipinski definition) is 1. The maximum atomic E-state index is 10.9. The largest absolute Gasteiger partial charge is 0.366 e. The molecule has 0 unspecified atom stereocenters. The second-order valence-corrected chi connectivity index (χ2v) is 3.11. The zero-order valence-electron chi connectivity index (χ0n) is 7.37. The molecule has 64 valence electrons. The lowest BCUT2D eigenvalue weighted by atomic mass is 9.97. The first-order chi connectivity index (χ1) is 5.63. The van der Waals surface area contributed by atoms with Gasteiger partial charge in [0.05, 0.1) is 0 Å². The summed E-state index contributed by atoms with van der Waals surface area (Å²) in [4.78, 5) is 10.9. The summed E-state index contributed by atoms with van der Waals surface area (Å²) < 4.78 is 0. The zero-order chi connectivity index (χ0) is 9.14. The lowest BCUT2D eigenvalue weighted by Gasteiger charge is -2.08. The van der Waals surface area contributed by atoms with Gasteiger partial charge < -0.3 is 5.73 Å². The molecule has 1 aromatic carbocycles. The van der Waals surface area contributed by atoms with Gasteiger partial charge in [0.2, 0.25) is 5.91 Å². The van der Waals surface area contributed by atoms with E-state index in [1.807, 2.05) is 32.0 Å². The number of amides is 1. The highest BCUT2D eigenvalue weighted by atomic mass is 16.1. The van der Waals surface area contributed by atoms with Crippen molar-refractivity contribution in [2.24, 2.45) is 5.73 Å². The van der Waals surface area contributed by atoms with Crippen LogP contribution >= 0.6 is 0 Å². The van der Waals surface area contributed by atoms with Crippen LogP contribution in [-0.4, -0.2) is 5.91 Å². The van der Waals surface area contributed by atoms with Gasteiger partial charge in [-0.15, -0.1) is 0 Å². The Balaban J connectivity index is 3.17. The SMILES string of the molecule is CC(C)c1ccccc1C(N)=O. The first-order valence-electron chi connectivity index (χ1n) is 4.01. The van der Waals surface area contributed by atoms with Crippen molar-refractivity contribution in [2.45, 2.75) is 19.8 Å². The van der Waals surface area contributed by atoms with Crippen molar-refractivity contribution < 1.29 is 4.79 Å². The van der Waals surface area contributed by atoms with E-state index in [1.165, 1.54) is 0 Å². The van der Waals surface area contributed by atoms with Crippen LogP contribution in [0.25, 0.3) is 0 Å². The summed E-state index contributed by atoms with van der Waals surface area (Å²) in [5, 5.41) is 0. The molecule has 0 aliphatic heterocycles. The van der Waals surface area contributed by atoms with E-state index in [4.69, 9.17) is 5.73 Å². The Hall–Kier alpha value is -1.31. The fraction of sp³-hybridized carbons (Fsp3) is 0.300. The van der Waals surface area contributed by atoms with Gasteiger partial charge in [0, 0.05) is 5.56 Å². The maximum absolute atomic E-state index is 10.9. The third kappa shape index (κ3) is 1.64. The number of rotatable bonds is 2.